The number of nitrogens with one attached hydrogen (secondary N) is 1. The van der Waals surface area contributed by atoms with Crippen molar-refractivity contribution in [2.24, 2.45) is 0 Å². The van der Waals surface area contributed by atoms with Gasteiger partial charge in [-0.25, -0.2) is 0 Å². The van der Waals surface area contributed by atoms with Crippen LogP contribution in [0.15, 0.2) is 23.1 Å². The summed E-state index contributed by atoms with van der Waals surface area (Å²) in [7, 11) is 1.93. The standard InChI is InChI=1S/C12H17N5O/c1-13-6-11-10(2-5-18-11)7-16-3-4-17-9-14-15-12(17)8-16/h2,5,9,13H,3-4,6-8H2,1H3. The van der Waals surface area contributed by atoms with E-state index in [0.29, 0.717) is 0 Å². The van der Waals surface area contributed by atoms with Crippen LogP contribution >= 0.6 is 0 Å². The maximum absolute atomic E-state index is 5.48. The van der Waals surface area contributed by atoms with E-state index < -0.39 is 0 Å². The lowest BCUT2D eigenvalue weighted by Gasteiger charge is -2.26. The Hall–Kier alpha value is -1.66. The molecule has 3 rings (SSSR count). The first-order valence-electron chi connectivity index (χ1n) is 6.15. The summed E-state index contributed by atoms with van der Waals surface area (Å²) in [6, 6.07) is 2.05. The molecule has 96 valence electrons. The minimum absolute atomic E-state index is 0.770. The van der Waals surface area contributed by atoms with Gasteiger partial charge in [-0.05, 0) is 13.1 Å². The van der Waals surface area contributed by atoms with E-state index in [2.05, 4.69) is 25.0 Å². The van der Waals surface area contributed by atoms with Crippen LogP contribution in [0.3, 0.4) is 0 Å². The quantitative estimate of drug-likeness (QED) is 0.857. The first-order chi connectivity index (χ1) is 8.86. The molecule has 0 spiro atoms. The van der Waals surface area contributed by atoms with Gasteiger partial charge in [-0.2, -0.15) is 0 Å². The molecular weight excluding hydrogens is 230 g/mol. The fraction of sp³-hybridized carbons (Fsp3) is 0.500. The average Bonchev–Trinajstić information content (AvgIpc) is 2.99. The maximum atomic E-state index is 5.48. The van der Waals surface area contributed by atoms with Gasteiger partial charge in [-0.1, -0.05) is 0 Å². The second kappa shape index (κ2) is 4.91. The van der Waals surface area contributed by atoms with Crippen molar-refractivity contribution in [2.45, 2.75) is 26.2 Å². The minimum atomic E-state index is 0.770. The highest BCUT2D eigenvalue weighted by Crippen LogP contribution is 2.17. The lowest BCUT2D eigenvalue weighted by Crippen LogP contribution is -2.33. The van der Waals surface area contributed by atoms with E-state index in [-0.39, 0.29) is 0 Å². The third-order valence-electron chi connectivity index (χ3n) is 3.29. The Morgan fingerprint density at radius 3 is 3.28 bits per heavy atom. The Labute approximate surface area is 106 Å². The highest BCUT2D eigenvalue weighted by Gasteiger charge is 2.19. The number of rotatable bonds is 4. The SMILES string of the molecule is CNCc1occc1CN1CCn2cnnc2C1. The topological polar surface area (TPSA) is 59.1 Å². The molecule has 0 bridgehead atoms. The molecule has 0 aliphatic carbocycles. The predicted molar refractivity (Wildman–Crippen MR) is 65.6 cm³/mol. The molecule has 0 radical (unpaired) electrons. The molecule has 0 atom stereocenters. The predicted octanol–water partition coefficient (Wildman–Crippen LogP) is 0.606. The van der Waals surface area contributed by atoms with Crippen LogP contribution in [0.4, 0.5) is 0 Å². The Balaban J connectivity index is 1.69. The van der Waals surface area contributed by atoms with Crippen LogP contribution in [0.1, 0.15) is 17.1 Å². The zero-order valence-corrected chi connectivity index (χ0v) is 10.5. The zero-order valence-electron chi connectivity index (χ0n) is 10.5. The van der Waals surface area contributed by atoms with E-state index in [4.69, 9.17) is 4.42 Å². The highest BCUT2D eigenvalue weighted by molar-refractivity contribution is 5.17. The number of aromatic nitrogens is 3. The lowest BCUT2D eigenvalue weighted by atomic mass is 10.2. The lowest BCUT2D eigenvalue weighted by molar-refractivity contribution is 0.207. The Morgan fingerprint density at radius 2 is 2.39 bits per heavy atom. The van der Waals surface area contributed by atoms with Crippen molar-refractivity contribution in [3.8, 4) is 0 Å². The van der Waals surface area contributed by atoms with Gasteiger partial charge in [-0.15, -0.1) is 10.2 Å². The molecule has 0 fully saturated rings. The average molecular weight is 247 g/mol. The van der Waals surface area contributed by atoms with Crippen molar-refractivity contribution >= 4 is 0 Å². The molecule has 0 saturated heterocycles. The van der Waals surface area contributed by atoms with E-state index in [9.17, 15) is 0 Å². The summed E-state index contributed by atoms with van der Waals surface area (Å²) < 4.78 is 7.59. The van der Waals surface area contributed by atoms with Crippen LogP contribution in [-0.4, -0.2) is 33.3 Å². The van der Waals surface area contributed by atoms with Gasteiger partial charge in [0.15, 0.2) is 0 Å². The van der Waals surface area contributed by atoms with E-state index in [0.717, 1.165) is 44.3 Å². The summed E-state index contributed by atoms with van der Waals surface area (Å²) in [5.41, 5.74) is 1.25. The van der Waals surface area contributed by atoms with Gasteiger partial charge in [0, 0.05) is 25.2 Å². The molecule has 6 nitrogen and oxygen atoms in total. The van der Waals surface area contributed by atoms with Crippen LogP contribution in [0.5, 0.6) is 0 Å². The summed E-state index contributed by atoms with van der Waals surface area (Å²) in [4.78, 5) is 2.37. The largest absolute Gasteiger partial charge is 0.468 e. The van der Waals surface area contributed by atoms with E-state index >= 15 is 0 Å². The summed E-state index contributed by atoms with van der Waals surface area (Å²) in [5, 5.41) is 11.2. The molecule has 3 heterocycles. The Morgan fingerprint density at radius 1 is 1.44 bits per heavy atom. The normalized spacial score (nSPS) is 15.8. The summed E-state index contributed by atoms with van der Waals surface area (Å²) in [6.45, 7) is 4.51. The van der Waals surface area contributed by atoms with Gasteiger partial charge in [0.25, 0.3) is 0 Å². The van der Waals surface area contributed by atoms with Crippen molar-refractivity contribution in [1.82, 2.24) is 25.0 Å². The minimum Gasteiger partial charge on any atom is -0.468 e. The van der Waals surface area contributed by atoms with Gasteiger partial charge in [0.2, 0.25) is 0 Å². The van der Waals surface area contributed by atoms with Crippen LogP contribution in [-0.2, 0) is 26.2 Å². The molecule has 6 heteroatoms. The highest BCUT2D eigenvalue weighted by atomic mass is 16.3. The van der Waals surface area contributed by atoms with Crippen LogP contribution in [0.25, 0.3) is 0 Å². The second-order valence-electron chi connectivity index (χ2n) is 4.55. The van der Waals surface area contributed by atoms with Crippen molar-refractivity contribution in [2.75, 3.05) is 13.6 Å². The third-order valence-corrected chi connectivity index (χ3v) is 3.29. The molecule has 0 aromatic carbocycles. The molecule has 0 amide bonds. The molecule has 0 unspecified atom stereocenters. The summed E-state index contributed by atoms with van der Waals surface area (Å²) in [6.07, 6.45) is 3.56. The molecule has 2 aromatic rings. The van der Waals surface area contributed by atoms with Crippen molar-refractivity contribution in [3.05, 3.63) is 35.8 Å². The van der Waals surface area contributed by atoms with E-state index in [1.165, 1.54) is 5.56 Å². The number of hydrogen-bond donors (Lipinski definition) is 1. The Bertz CT molecular complexity index is 518. The fourth-order valence-electron chi connectivity index (χ4n) is 2.32. The molecule has 1 aliphatic heterocycles. The number of hydrogen-bond acceptors (Lipinski definition) is 5. The first kappa shape index (κ1) is 11.4. The van der Waals surface area contributed by atoms with Gasteiger partial charge >= 0.3 is 0 Å². The van der Waals surface area contributed by atoms with Crippen LogP contribution in [0.2, 0.25) is 0 Å². The van der Waals surface area contributed by atoms with Gasteiger partial charge in [-0.3, -0.25) is 4.90 Å². The van der Waals surface area contributed by atoms with Crippen LogP contribution in [0, 0.1) is 0 Å². The molecule has 1 aliphatic rings. The van der Waals surface area contributed by atoms with Crippen LogP contribution < -0.4 is 5.32 Å². The smallest absolute Gasteiger partial charge is 0.147 e. The van der Waals surface area contributed by atoms with E-state index in [1.807, 2.05) is 13.1 Å². The summed E-state index contributed by atoms with van der Waals surface area (Å²) in [5.74, 6) is 2.06. The number of nitrogens with zero attached hydrogens (tertiary/aromatic N) is 4. The fourth-order valence-corrected chi connectivity index (χ4v) is 2.32. The maximum Gasteiger partial charge on any atom is 0.147 e. The Kier molecular flexibility index (Phi) is 3.12. The summed E-state index contributed by atoms with van der Waals surface area (Å²) >= 11 is 0. The van der Waals surface area contributed by atoms with Gasteiger partial charge in [0.05, 0.1) is 19.4 Å². The molecule has 0 saturated carbocycles. The zero-order chi connectivity index (χ0) is 12.4. The number of fused-ring (bicyclic) bond motifs is 1. The first-order valence-corrected chi connectivity index (χ1v) is 6.15. The van der Waals surface area contributed by atoms with E-state index in [1.54, 1.807) is 12.6 Å². The molecule has 2 aromatic heterocycles. The van der Waals surface area contributed by atoms with Crippen molar-refractivity contribution < 1.29 is 4.42 Å². The second-order valence-corrected chi connectivity index (χ2v) is 4.55. The number of furan rings is 1. The monoisotopic (exact) mass is 247 g/mol. The molecule has 18 heavy (non-hydrogen) atoms. The van der Waals surface area contributed by atoms with Gasteiger partial charge < -0.3 is 14.3 Å². The van der Waals surface area contributed by atoms with Gasteiger partial charge in [0.1, 0.15) is 17.9 Å². The molecule has 1 N–H and O–H groups in total. The third kappa shape index (κ3) is 2.16. The molecular formula is C12H17N5O. The van der Waals surface area contributed by atoms with Crippen molar-refractivity contribution in [1.29, 1.82) is 0 Å². The van der Waals surface area contributed by atoms with Crippen molar-refractivity contribution in [3.63, 3.8) is 0 Å².